The fourth-order valence-electron chi connectivity index (χ4n) is 2.05. The highest BCUT2D eigenvalue weighted by molar-refractivity contribution is 5.91. The lowest BCUT2D eigenvalue weighted by molar-refractivity contribution is 0.0261. The summed E-state index contributed by atoms with van der Waals surface area (Å²) in [6.45, 7) is 4.88. The van der Waals surface area contributed by atoms with Gasteiger partial charge in [-0.1, -0.05) is 6.92 Å². The van der Waals surface area contributed by atoms with Gasteiger partial charge < -0.3 is 19.6 Å². The van der Waals surface area contributed by atoms with Crippen molar-refractivity contribution in [3.8, 4) is 0 Å². The van der Waals surface area contributed by atoms with E-state index >= 15 is 0 Å². The van der Waals surface area contributed by atoms with E-state index < -0.39 is 5.60 Å². The van der Waals surface area contributed by atoms with Crippen molar-refractivity contribution in [3.05, 3.63) is 23.2 Å². The molecule has 2 rings (SSSR count). The first-order chi connectivity index (χ1) is 8.54. The minimum Gasteiger partial charge on any atom is -0.456 e. The Morgan fingerprint density at radius 2 is 2.39 bits per heavy atom. The maximum absolute atomic E-state index is 11.9. The third kappa shape index (κ3) is 2.73. The van der Waals surface area contributed by atoms with Crippen molar-refractivity contribution in [2.75, 3.05) is 19.8 Å². The maximum Gasteiger partial charge on any atom is 0.287 e. The van der Waals surface area contributed by atoms with Crippen LogP contribution in [-0.2, 0) is 11.2 Å². The average molecular weight is 253 g/mol. The highest BCUT2D eigenvalue weighted by Crippen LogP contribution is 2.18. The summed E-state index contributed by atoms with van der Waals surface area (Å²) in [7, 11) is 0. The molecular weight excluding hydrogens is 234 g/mol. The van der Waals surface area contributed by atoms with Gasteiger partial charge in [-0.05, 0) is 18.6 Å². The Morgan fingerprint density at radius 1 is 1.61 bits per heavy atom. The van der Waals surface area contributed by atoms with Crippen LogP contribution in [-0.4, -0.2) is 36.4 Å². The van der Waals surface area contributed by atoms with E-state index in [1.807, 2.05) is 13.8 Å². The standard InChI is InChI=1S/C13H19NO4/c1-3-10-9(2)6-11(18-10)12(15)14-7-13(16)4-5-17-8-13/h6,16H,3-5,7-8H2,1-2H3,(H,14,15). The molecule has 0 bridgehead atoms. The number of aryl methyl sites for hydroxylation is 2. The average Bonchev–Trinajstić information content (AvgIpc) is 2.93. The van der Waals surface area contributed by atoms with E-state index in [4.69, 9.17) is 9.15 Å². The van der Waals surface area contributed by atoms with Crippen molar-refractivity contribution in [1.29, 1.82) is 0 Å². The first-order valence-electron chi connectivity index (χ1n) is 6.22. The van der Waals surface area contributed by atoms with E-state index in [9.17, 15) is 9.90 Å². The number of amides is 1. The molecule has 1 saturated heterocycles. The van der Waals surface area contributed by atoms with E-state index in [2.05, 4.69) is 5.32 Å². The molecule has 0 saturated carbocycles. The van der Waals surface area contributed by atoms with Gasteiger partial charge in [0.25, 0.3) is 5.91 Å². The third-order valence-corrected chi connectivity index (χ3v) is 3.23. The fourth-order valence-corrected chi connectivity index (χ4v) is 2.05. The Labute approximate surface area is 106 Å². The topological polar surface area (TPSA) is 71.7 Å². The second-order valence-electron chi connectivity index (χ2n) is 4.78. The lowest BCUT2D eigenvalue weighted by atomic mass is 10.0. The molecule has 1 unspecified atom stereocenters. The van der Waals surface area contributed by atoms with Crippen LogP contribution < -0.4 is 5.32 Å². The van der Waals surface area contributed by atoms with Crippen LogP contribution in [0.25, 0.3) is 0 Å². The molecule has 1 fully saturated rings. The zero-order valence-corrected chi connectivity index (χ0v) is 10.8. The highest BCUT2D eigenvalue weighted by atomic mass is 16.5. The van der Waals surface area contributed by atoms with Crippen molar-refractivity contribution < 1.29 is 19.1 Å². The van der Waals surface area contributed by atoms with Gasteiger partial charge in [0.2, 0.25) is 0 Å². The summed E-state index contributed by atoms with van der Waals surface area (Å²) in [5, 5.41) is 12.7. The number of furan rings is 1. The molecule has 18 heavy (non-hydrogen) atoms. The number of carbonyl (C=O) groups is 1. The summed E-state index contributed by atoms with van der Waals surface area (Å²) in [6, 6.07) is 1.73. The van der Waals surface area contributed by atoms with Crippen molar-refractivity contribution in [3.63, 3.8) is 0 Å². The van der Waals surface area contributed by atoms with Crippen molar-refractivity contribution >= 4 is 5.91 Å². The molecule has 1 atom stereocenters. The van der Waals surface area contributed by atoms with Gasteiger partial charge in [-0.3, -0.25) is 4.79 Å². The number of carbonyl (C=O) groups excluding carboxylic acids is 1. The molecule has 2 N–H and O–H groups in total. The molecule has 2 heterocycles. The lowest BCUT2D eigenvalue weighted by Gasteiger charge is -2.20. The van der Waals surface area contributed by atoms with Gasteiger partial charge in [-0.25, -0.2) is 0 Å². The SMILES string of the molecule is CCc1oc(C(=O)NCC2(O)CCOC2)cc1C. The van der Waals surface area contributed by atoms with Crippen LogP contribution in [0.15, 0.2) is 10.5 Å². The number of rotatable bonds is 4. The molecule has 1 aliphatic rings. The zero-order valence-electron chi connectivity index (χ0n) is 10.8. The lowest BCUT2D eigenvalue weighted by Crippen LogP contribution is -2.43. The van der Waals surface area contributed by atoms with Crippen molar-refractivity contribution in [2.24, 2.45) is 0 Å². The predicted octanol–water partition coefficient (Wildman–Crippen LogP) is 1.03. The number of ether oxygens (including phenoxy) is 1. The summed E-state index contributed by atoms with van der Waals surface area (Å²) in [5.74, 6) is 0.827. The van der Waals surface area contributed by atoms with Gasteiger partial charge in [0.1, 0.15) is 11.4 Å². The van der Waals surface area contributed by atoms with Gasteiger partial charge in [0.05, 0.1) is 6.61 Å². The Balaban J connectivity index is 1.95. The number of hydrogen-bond acceptors (Lipinski definition) is 4. The highest BCUT2D eigenvalue weighted by Gasteiger charge is 2.32. The van der Waals surface area contributed by atoms with Crippen LogP contribution in [0, 0.1) is 6.92 Å². The first-order valence-corrected chi connectivity index (χ1v) is 6.22. The Bertz CT molecular complexity index is 432. The molecule has 0 spiro atoms. The van der Waals surface area contributed by atoms with E-state index in [0.717, 1.165) is 17.7 Å². The second kappa shape index (κ2) is 5.12. The fraction of sp³-hybridized carbons (Fsp3) is 0.615. The molecule has 5 nitrogen and oxygen atoms in total. The van der Waals surface area contributed by atoms with Gasteiger partial charge in [0.15, 0.2) is 5.76 Å². The van der Waals surface area contributed by atoms with Crippen LogP contribution in [0.3, 0.4) is 0 Å². The molecule has 0 aromatic carbocycles. The van der Waals surface area contributed by atoms with Crippen LogP contribution in [0.5, 0.6) is 0 Å². The van der Waals surface area contributed by atoms with Gasteiger partial charge in [-0.2, -0.15) is 0 Å². The van der Waals surface area contributed by atoms with Crippen molar-refractivity contribution in [2.45, 2.75) is 32.3 Å². The van der Waals surface area contributed by atoms with Crippen molar-refractivity contribution in [1.82, 2.24) is 5.32 Å². The molecule has 1 aliphatic heterocycles. The summed E-state index contributed by atoms with van der Waals surface area (Å²) in [4.78, 5) is 11.9. The summed E-state index contributed by atoms with van der Waals surface area (Å²) in [5.41, 5.74) is 0.0378. The predicted molar refractivity (Wildman–Crippen MR) is 65.5 cm³/mol. The van der Waals surface area contributed by atoms with Gasteiger partial charge >= 0.3 is 0 Å². The molecule has 100 valence electrons. The summed E-state index contributed by atoms with van der Waals surface area (Å²) < 4.78 is 10.6. The number of aliphatic hydroxyl groups is 1. The largest absolute Gasteiger partial charge is 0.456 e. The third-order valence-electron chi connectivity index (χ3n) is 3.23. The summed E-state index contributed by atoms with van der Waals surface area (Å²) >= 11 is 0. The molecule has 0 radical (unpaired) electrons. The molecule has 5 heteroatoms. The second-order valence-corrected chi connectivity index (χ2v) is 4.78. The van der Waals surface area contributed by atoms with E-state index in [1.165, 1.54) is 0 Å². The normalized spacial score (nSPS) is 23.3. The van der Waals surface area contributed by atoms with E-state index in [-0.39, 0.29) is 19.1 Å². The number of nitrogens with one attached hydrogen (secondary N) is 1. The van der Waals surface area contributed by atoms with Crippen LogP contribution in [0.4, 0.5) is 0 Å². The number of hydrogen-bond donors (Lipinski definition) is 2. The molecule has 1 aromatic rings. The van der Waals surface area contributed by atoms with Crippen LogP contribution in [0.2, 0.25) is 0 Å². The van der Waals surface area contributed by atoms with Gasteiger partial charge in [0, 0.05) is 26.0 Å². The Kier molecular flexibility index (Phi) is 3.73. The first kappa shape index (κ1) is 13.1. The van der Waals surface area contributed by atoms with Crippen LogP contribution >= 0.6 is 0 Å². The summed E-state index contributed by atoms with van der Waals surface area (Å²) in [6.07, 6.45) is 1.31. The minimum atomic E-state index is -0.940. The zero-order chi connectivity index (χ0) is 13.2. The monoisotopic (exact) mass is 253 g/mol. The molecular formula is C13H19NO4. The molecule has 0 aliphatic carbocycles. The minimum absolute atomic E-state index is 0.188. The van der Waals surface area contributed by atoms with E-state index in [0.29, 0.717) is 18.8 Å². The molecule has 1 aromatic heterocycles. The Hall–Kier alpha value is -1.33. The quantitative estimate of drug-likeness (QED) is 0.840. The van der Waals surface area contributed by atoms with Gasteiger partial charge in [-0.15, -0.1) is 0 Å². The van der Waals surface area contributed by atoms with Crippen LogP contribution in [0.1, 0.15) is 35.2 Å². The van der Waals surface area contributed by atoms with E-state index in [1.54, 1.807) is 6.07 Å². The smallest absolute Gasteiger partial charge is 0.287 e. The molecule has 1 amide bonds. The maximum atomic E-state index is 11.9. The Morgan fingerprint density at radius 3 is 2.94 bits per heavy atom.